The molecule has 3 rings (SSSR count). The number of pyridine rings is 1. The van der Waals surface area contributed by atoms with E-state index >= 15 is 0 Å². The Balaban J connectivity index is 1.77. The molecule has 0 radical (unpaired) electrons. The van der Waals surface area contributed by atoms with Gasteiger partial charge < -0.3 is 9.62 Å². The molecule has 6 heteroatoms. The Hall–Kier alpha value is -1.79. The number of aromatic nitrogens is 2. The highest BCUT2D eigenvalue weighted by Gasteiger charge is 2.14. The summed E-state index contributed by atoms with van der Waals surface area (Å²) < 4.78 is 6.54. The fourth-order valence-electron chi connectivity index (χ4n) is 1.73. The van der Waals surface area contributed by atoms with Gasteiger partial charge in [0.05, 0.1) is 10.6 Å². The summed E-state index contributed by atoms with van der Waals surface area (Å²) in [5.74, 6) is 2.07. The van der Waals surface area contributed by atoms with E-state index in [2.05, 4.69) is 4.98 Å². The molecule has 4 nitrogen and oxygen atoms in total. The van der Waals surface area contributed by atoms with Crippen molar-refractivity contribution in [2.45, 2.75) is 17.7 Å². The van der Waals surface area contributed by atoms with Crippen molar-refractivity contribution in [3.8, 4) is 10.8 Å². The van der Waals surface area contributed by atoms with Crippen molar-refractivity contribution in [3.63, 3.8) is 0 Å². The minimum atomic E-state index is 0.618. The summed E-state index contributed by atoms with van der Waals surface area (Å²) >= 11 is 3.05. The zero-order chi connectivity index (χ0) is 13.9. The maximum absolute atomic E-state index is 11.6. The molecular weight excluding hydrogens is 292 g/mol. The van der Waals surface area contributed by atoms with Crippen molar-refractivity contribution >= 4 is 23.1 Å². The first kappa shape index (κ1) is 13.2. The van der Waals surface area contributed by atoms with Crippen LogP contribution in [0.4, 0.5) is 0 Å². The van der Waals surface area contributed by atoms with Crippen LogP contribution in [0.25, 0.3) is 10.8 Å². The van der Waals surface area contributed by atoms with Crippen molar-refractivity contribution in [2.24, 2.45) is 0 Å². The number of oxazole rings is 1. The lowest BCUT2D eigenvalue weighted by Crippen LogP contribution is -2.27. The highest BCUT2D eigenvalue weighted by molar-refractivity contribution is 7.98. The Kier molecular flexibility index (Phi) is 3.75. The molecule has 0 spiro atoms. The van der Waals surface area contributed by atoms with Gasteiger partial charge in [0.25, 0.3) is 5.03 Å². The van der Waals surface area contributed by atoms with E-state index in [1.165, 1.54) is 18.0 Å². The highest BCUT2D eigenvalue weighted by atomic mass is 32.2. The van der Waals surface area contributed by atoms with Gasteiger partial charge in [-0.1, -0.05) is 6.07 Å². The number of thioether (sulfide) groups is 1. The lowest BCUT2D eigenvalue weighted by atomic mass is 10.4. The first-order valence-electron chi connectivity index (χ1n) is 6.05. The Morgan fingerprint density at radius 1 is 1.35 bits per heavy atom. The van der Waals surface area contributed by atoms with Crippen LogP contribution in [-0.2, 0) is 5.75 Å². The minimum Gasteiger partial charge on any atom is -0.618 e. The topological polar surface area (TPSA) is 53.0 Å². The average Bonchev–Trinajstić information content (AvgIpc) is 3.07. The van der Waals surface area contributed by atoms with E-state index in [1.54, 1.807) is 23.5 Å². The molecular formula is C14H12N2O2S2. The van der Waals surface area contributed by atoms with Crippen molar-refractivity contribution in [2.75, 3.05) is 0 Å². The molecule has 3 heterocycles. The van der Waals surface area contributed by atoms with Crippen LogP contribution in [0.5, 0.6) is 0 Å². The standard InChI is InChI=1S/C14H12N2O2S2/c1-10-11(9-20-13-6-2-3-7-16(13)17)15-14(18-10)12-5-4-8-19-12/h2-8H,9H2,1H3. The molecule has 0 saturated heterocycles. The van der Waals surface area contributed by atoms with Gasteiger partial charge in [-0.3, -0.25) is 0 Å². The summed E-state index contributed by atoms with van der Waals surface area (Å²) in [6, 6.07) is 9.32. The van der Waals surface area contributed by atoms with E-state index in [0.717, 1.165) is 21.1 Å². The summed E-state index contributed by atoms with van der Waals surface area (Å²) in [5, 5.41) is 14.2. The predicted molar refractivity (Wildman–Crippen MR) is 79.5 cm³/mol. The fraction of sp³-hybridized carbons (Fsp3) is 0.143. The van der Waals surface area contributed by atoms with E-state index in [4.69, 9.17) is 4.42 Å². The minimum absolute atomic E-state index is 0.618. The van der Waals surface area contributed by atoms with Crippen LogP contribution in [-0.4, -0.2) is 4.98 Å². The van der Waals surface area contributed by atoms with Crippen LogP contribution in [0.3, 0.4) is 0 Å². The second-order valence-corrected chi connectivity index (χ2v) is 6.10. The van der Waals surface area contributed by atoms with E-state index in [1.807, 2.05) is 30.5 Å². The molecule has 102 valence electrons. The van der Waals surface area contributed by atoms with Crippen LogP contribution in [0.2, 0.25) is 0 Å². The molecule has 0 atom stereocenters. The summed E-state index contributed by atoms with van der Waals surface area (Å²) in [4.78, 5) is 5.53. The molecule has 0 aliphatic heterocycles. The number of rotatable bonds is 4. The molecule has 0 aromatic carbocycles. The quantitative estimate of drug-likeness (QED) is 0.419. The molecule has 0 aliphatic rings. The van der Waals surface area contributed by atoms with Gasteiger partial charge in [0.2, 0.25) is 5.89 Å². The zero-order valence-corrected chi connectivity index (χ0v) is 12.4. The Bertz CT molecular complexity index is 708. The van der Waals surface area contributed by atoms with Gasteiger partial charge in [-0.15, -0.1) is 11.3 Å². The summed E-state index contributed by atoms with van der Waals surface area (Å²) in [7, 11) is 0. The SMILES string of the molecule is Cc1oc(-c2cccs2)nc1CSc1cccc[n+]1[O-]. The molecule has 0 bridgehead atoms. The smallest absolute Gasteiger partial charge is 0.251 e. The number of nitrogens with zero attached hydrogens (tertiary/aromatic N) is 2. The molecule has 0 aliphatic carbocycles. The van der Waals surface area contributed by atoms with Crippen LogP contribution < -0.4 is 4.73 Å². The van der Waals surface area contributed by atoms with Gasteiger partial charge in [0.1, 0.15) is 5.76 Å². The van der Waals surface area contributed by atoms with Crippen LogP contribution in [0.1, 0.15) is 11.5 Å². The van der Waals surface area contributed by atoms with Gasteiger partial charge in [-0.25, -0.2) is 4.98 Å². The summed E-state index contributed by atoms with van der Waals surface area (Å²) in [6.07, 6.45) is 1.50. The molecule has 0 saturated carbocycles. The normalized spacial score (nSPS) is 10.8. The Morgan fingerprint density at radius 2 is 2.25 bits per heavy atom. The van der Waals surface area contributed by atoms with Crippen molar-refractivity contribution in [1.82, 2.24) is 4.98 Å². The number of hydrogen-bond donors (Lipinski definition) is 0. The maximum Gasteiger partial charge on any atom is 0.251 e. The lowest BCUT2D eigenvalue weighted by Gasteiger charge is -2.01. The molecule has 0 amide bonds. The summed E-state index contributed by atoms with van der Waals surface area (Å²) in [6.45, 7) is 1.90. The van der Waals surface area contributed by atoms with Crippen molar-refractivity contribution < 1.29 is 9.15 Å². The van der Waals surface area contributed by atoms with E-state index < -0.39 is 0 Å². The van der Waals surface area contributed by atoms with E-state index in [-0.39, 0.29) is 0 Å². The molecule has 0 fully saturated rings. The number of aryl methyl sites for hydroxylation is 1. The zero-order valence-electron chi connectivity index (χ0n) is 10.8. The second kappa shape index (κ2) is 5.68. The Morgan fingerprint density at radius 3 is 3.00 bits per heavy atom. The maximum atomic E-state index is 11.6. The predicted octanol–water partition coefficient (Wildman–Crippen LogP) is 3.64. The van der Waals surface area contributed by atoms with Crippen LogP contribution in [0, 0.1) is 12.1 Å². The van der Waals surface area contributed by atoms with Gasteiger partial charge >= 0.3 is 0 Å². The molecule has 0 unspecified atom stereocenters. The van der Waals surface area contributed by atoms with E-state index in [9.17, 15) is 5.21 Å². The Labute approximate surface area is 124 Å². The molecule has 3 aromatic heterocycles. The number of thiophene rings is 1. The molecule has 0 N–H and O–H groups in total. The van der Waals surface area contributed by atoms with E-state index in [0.29, 0.717) is 16.7 Å². The molecule has 3 aromatic rings. The van der Waals surface area contributed by atoms with Gasteiger partial charge in [-0.05, 0) is 36.2 Å². The second-order valence-electron chi connectivity index (χ2n) is 4.15. The third kappa shape index (κ3) is 2.71. The lowest BCUT2D eigenvalue weighted by molar-refractivity contribution is -0.645. The first-order chi connectivity index (χ1) is 9.74. The third-order valence-electron chi connectivity index (χ3n) is 2.77. The van der Waals surface area contributed by atoms with Gasteiger partial charge in [0, 0.05) is 17.9 Å². The largest absolute Gasteiger partial charge is 0.618 e. The third-order valence-corrected chi connectivity index (χ3v) is 4.66. The van der Waals surface area contributed by atoms with Crippen molar-refractivity contribution in [1.29, 1.82) is 0 Å². The van der Waals surface area contributed by atoms with Crippen LogP contribution >= 0.6 is 23.1 Å². The van der Waals surface area contributed by atoms with Gasteiger partial charge in [0.15, 0.2) is 6.20 Å². The van der Waals surface area contributed by atoms with Crippen LogP contribution in [0.15, 0.2) is 51.4 Å². The average molecular weight is 304 g/mol. The number of hydrogen-bond acceptors (Lipinski definition) is 5. The van der Waals surface area contributed by atoms with Gasteiger partial charge in [-0.2, -0.15) is 4.73 Å². The molecule has 20 heavy (non-hydrogen) atoms. The summed E-state index contributed by atoms with van der Waals surface area (Å²) in [5.41, 5.74) is 0.877. The first-order valence-corrected chi connectivity index (χ1v) is 7.92. The van der Waals surface area contributed by atoms with Crippen molar-refractivity contribution in [3.05, 3.63) is 58.6 Å². The highest BCUT2D eigenvalue weighted by Crippen LogP contribution is 2.28. The fourth-order valence-corrected chi connectivity index (χ4v) is 3.30. The monoisotopic (exact) mass is 304 g/mol.